The number of amides is 1. The molecule has 2 aromatic heterocycles. The Balaban J connectivity index is 1.47. The highest BCUT2D eigenvalue weighted by atomic mass is 35.5. The number of esters is 1. The number of hydrogen-bond donors (Lipinski definition) is 1. The second-order valence-corrected chi connectivity index (χ2v) is 11.4. The number of methoxy groups -OCH3 is 1. The van der Waals surface area contributed by atoms with Gasteiger partial charge >= 0.3 is 5.97 Å². The number of nitrogens with one attached hydrogen (secondary N) is 1. The lowest BCUT2D eigenvalue weighted by atomic mass is 9.88. The second-order valence-electron chi connectivity index (χ2n) is 8.96. The zero-order chi connectivity index (χ0) is 27.4. The smallest absolute Gasteiger partial charge is 0.341 e. The van der Waals surface area contributed by atoms with Gasteiger partial charge in [0.2, 0.25) is 5.91 Å². The van der Waals surface area contributed by atoms with Crippen LogP contribution >= 0.6 is 34.7 Å². The van der Waals surface area contributed by atoms with E-state index >= 15 is 0 Å². The van der Waals surface area contributed by atoms with E-state index in [1.807, 2.05) is 0 Å². The molecule has 4 rings (SSSR count). The van der Waals surface area contributed by atoms with Crippen molar-refractivity contribution in [2.75, 3.05) is 18.2 Å². The van der Waals surface area contributed by atoms with Gasteiger partial charge in [-0.15, -0.1) is 28.1 Å². The zero-order valence-corrected chi connectivity index (χ0v) is 23.6. The van der Waals surface area contributed by atoms with Crippen molar-refractivity contribution < 1.29 is 23.5 Å². The van der Waals surface area contributed by atoms with Crippen molar-refractivity contribution in [3.05, 3.63) is 63.5 Å². The number of rotatable bonds is 10. The van der Waals surface area contributed by atoms with Crippen LogP contribution in [0.3, 0.4) is 0 Å². The highest BCUT2D eigenvalue weighted by Crippen LogP contribution is 2.40. The van der Waals surface area contributed by atoms with Crippen LogP contribution in [0.2, 0.25) is 5.02 Å². The standard InChI is InChI=1S/C26H28ClFN4O4S2/c1-5-10-32-23(15(3)36-19-9-7-16(28)12-18(19)27)30-31-26(32)37-13-21(33)29-24-22(25(34)35-4)17-8-6-14(2)11-20(17)38-24/h5,7,9,12,14-15H,1,6,8,10-11,13H2,2-4H3,(H,29,33). The van der Waals surface area contributed by atoms with E-state index in [2.05, 4.69) is 29.0 Å². The molecule has 1 aliphatic carbocycles. The molecule has 8 nitrogen and oxygen atoms in total. The van der Waals surface area contributed by atoms with Gasteiger partial charge in [-0.1, -0.05) is 36.4 Å². The number of fused-ring (bicyclic) bond motifs is 1. The van der Waals surface area contributed by atoms with Crippen molar-refractivity contribution in [1.29, 1.82) is 0 Å². The van der Waals surface area contributed by atoms with Crippen LogP contribution in [0.25, 0.3) is 0 Å². The number of halogens is 2. The Morgan fingerprint density at radius 1 is 1.42 bits per heavy atom. The van der Waals surface area contributed by atoms with Gasteiger partial charge in [-0.3, -0.25) is 9.36 Å². The van der Waals surface area contributed by atoms with Crippen LogP contribution < -0.4 is 10.1 Å². The molecule has 3 aromatic rings. The van der Waals surface area contributed by atoms with Crippen LogP contribution in [-0.4, -0.2) is 39.5 Å². The average molecular weight is 579 g/mol. The van der Waals surface area contributed by atoms with E-state index in [4.69, 9.17) is 21.1 Å². The summed E-state index contributed by atoms with van der Waals surface area (Å²) in [5, 5.41) is 12.6. The third kappa shape index (κ3) is 6.22. The first-order valence-electron chi connectivity index (χ1n) is 12.0. The molecule has 1 aromatic carbocycles. The van der Waals surface area contributed by atoms with E-state index in [0.717, 1.165) is 29.7 Å². The molecule has 1 N–H and O–H groups in total. The number of allylic oxidation sites excluding steroid dienone is 1. The number of nitrogens with zero attached hydrogens (tertiary/aromatic N) is 3. The van der Waals surface area contributed by atoms with Gasteiger partial charge < -0.3 is 14.8 Å². The zero-order valence-electron chi connectivity index (χ0n) is 21.3. The Bertz CT molecular complexity index is 1360. The molecule has 0 radical (unpaired) electrons. The number of carbonyl (C=O) groups is 2. The van der Waals surface area contributed by atoms with Gasteiger partial charge in [0.15, 0.2) is 17.1 Å². The van der Waals surface area contributed by atoms with Crippen molar-refractivity contribution in [2.45, 2.75) is 50.9 Å². The Morgan fingerprint density at radius 2 is 2.21 bits per heavy atom. The first kappa shape index (κ1) is 28.1. The van der Waals surface area contributed by atoms with E-state index in [0.29, 0.717) is 39.8 Å². The lowest BCUT2D eigenvalue weighted by molar-refractivity contribution is -0.113. The summed E-state index contributed by atoms with van der Waals surface area (Å²) < 4.78 is 26.1. The van der Waals surface area contributed by atoms with Crippen LogP contribution in [0.15, 0.2) is 36.0 Å². The molecule has 2 unspecified atom stereocenters. The number of benzene rings is 1. The summed E-state index contributed by atoms with van der Waals surface area (Å²) in [6.07, 6.45) is 3.79. The number of thiophene rings is 1. The molecule has 2 atom stereocenters. The molecule has 0 aliphatic heterocycles. The third-order valence-corrected chi connectivity index (χ3v) is 8.54. The van der Waals surface area contributed by atoms with Gasteiger partial charge in [0, 0.05) is 11.4 Å². The van der Waals surface area contributed by atoms with E-state index in [1.54, 1.807) is 17.6 Å². The third-order valence-electron chi connectivity index (χ3n) is 6.10. The van der Waals surface area contributed by atoms with Crippen molar-refractivity contribution in [3.8, 4) is 5.75 Å². The number of aromatic nitrogens is 3. The Kier molecular flexibility index (Phi) is 9.11. The molecular formula is C26H28ClFN4O4S2. The van der Waals surface area contributed by atoms with Crippen LogP contribution in [0.5, 0.6) is 5.75 Å². The predicted octanol–water partition coefficient (Wildman–Crippen LogP) is 6.10. The molecule has 2 heterocycles. The summed E-state index contributed by atoms with van der Waals surface area (Å²) in [6.45, 7) is 8.14. The number of carbonyl (C=O) groups excluding carboxylic acids is 2. The molecule has 38 heavy (non-hydrogen) atoms. The van der Waals surface area contributed by atoms with E-state index < -0.39 is 17.9 Å². The predicted molar refractivity (Wildman–Crippen MR) is 147 cm³/mol. The van der Waals surface area contributed by atoms with E-state index in [1.165, 1.54) is 48.4 Å². The topological polar surface area (TPSA) is 95.3 Å². The first-order chi connectivity index (χ1) is 18.2. The molecule has 0 fully saturated rings. The summed E-state index contributed by atoms with van der Waals surface area (Å²) in [6, 6.07) is 3.89. The lowest BCUT2D eigenvalue weighted by Crippen LogP contribution is -2.17. The van der Waals surface area contributed by atoms with Gasteiger partial charge in [-0.05, 0) is 55.9 Å². The number of ether oxygens (including phenoxy) is 2. The maximum atomic E-state index is 13.4. The largest absolute Gasteiger partial charge is 0.481 e. The van der Waals surface area contributed by atoms with Gasteiger partial charge in [-0.25, -0.2) is 9.18 Å². The van der Waals surface area contributed by atoms with E-state index in [-0.39, 0.29) is 16.7 Å². The van der Waals surface area contributed by atoms with Crippen molar-refractivity contribution >= 4 is 51.6 Å². The van der Waals surface area contributed by atoms with Crippen LogP contribution in [0.4, 0.5) is 9.39 Å². The Labute approximate surface area is 233 Å². The quantitative estimate of drug-likeness (QED) is 0.176. The fraction of sp³-hybridized carbons (Fsp3) is 0.385. The van der Waals surface area contributed by atoms with Gasteiger partial charge in [0.1, 0.15) is 16.6 Å². The molecule has 1 aliphatic rings. The monoisotopic (exact) mass is 578 g/mol. The Hall–Kier alpha value is -2.89. The maximum Gasteiger partial charge on any atom is 0.341 e. The SMILES string of the molecule is C=CCn1c(SCC(=O)Nc2sc3c(c2C(=O)OC)CCC(C)C3)nnc1C(C)Oc1ccc(F)cc1Cl. The normalized spacial score (nSPS) is 15.4. The summed E-state index contributed by atoms with van der Waals surface area (Å²) in [5.41, 5.74) is 1.44. The minimum absolute atomic E-state index is 0.0495. The maximum absolute atomic E-state index is 13.4. The van der Waals surface area contributed by atoms with Crippen molar-refractivity contribution in [3.63, 3.8) is 0 Å². The molecular weight excluding hydrogens is 551 g/mol. The minimum Gasteiger partial charge on any atom is -0.481 e. The van der Waals surface area contributed by atoms with Gasteiger partial charge in [0.25, 0.3) is 0 Å². The molecule has 0 saturated heterocycles. The highest BCUT2D eigenvalue weighted by molar-refractivity contribution is 7.99. The van der Waals surface area contributed by atoms with E-state index in [9.17, 15) is 14.0 Å². The van der Waals surface area contributed by atoms with Gasteiger partial charge in [0.05, 0.1) is 23.4 Å². The van der Waals surface area contributed by atoms with Crippen LogP contribution in [-0.2, 0) is 28.9 Å². The second kappa shape index (κ2) is 12.3. The Morgan fingerprint density at radius 3 is 2.92 bits per heavy atom. The molecule has 12 heteroatoms. The summed E-state index contributed by atoms with van der Waals surface area (Å²) >= 11 is 8.75. The molecule has 0 bridgehead atoms. The van der Waals surface area contributed by atoms with Crippen molar-refractivity contribution in [1.82, 2.24) is 14.8 Å². The van der Waals surface area contributed by atoms with Crippen molar-refractivity contribution in [2.24, 2.45) is 5.92 Å². The fourth-order valence-corrected chi connectivity index (χ4v) is 6.65. The molecule has 0 spiro atoms. The minimum atomic E-state index is -0.559. The summed E-state index contributed by atoms with van der Waals surface area (Å²) in [4.78, 5) is 26.6. The number of anilines is 1. The van der Waals surface area contributed by atoms with Crippen LogP contribution in [0, 0.1) is 11.7 Å². The highest BCUT2D eigenvalue weighted by Gasteiger charge is 2.29. The summed E-state index contributed by atoms with van der Waals surface area (Å²) in [7, 11) is 1.35. The lowest BCUT2D eigenvalue weighted by Gasteiger charge is -2.18. The molecule has 1 amide bonds. The fourth-order valence-electron chi connectivity index (χ4n) is 4.27. The first-order valence-corrected chi connectivity index (χ1v) is 14.2. The average Bonchev–Trinajstić information content (AvgIpc) is 3.44. The summed E-state index contributed by atoms with van der Waals surface area (Å²) in [5.74, 6) is 0.223. The van der Waals surface area contributed by atoms with Gasteiger partial charge in [-0.2, -0.15) is 0 Å². The van der Waals surface area contributed by atoms with Crippen LogP contribution in [0.1, 0.15) is 53.0 Å². The number of thioether (sulfide) groups is 1. The molecule has 0 saturated carbocycles. The number of hydrogen-bond acceptors (Lipinski definition) is 8. The molecule has 202 valence electrons.